The molecule has 0 N–H and O–H groups in total. The number of rotatable bonds is 1. The molecule has 0 aromatic carbocycles. The number of thioether (sulfide) groups is 2. The van der Waals surface area contributed by atoms with E-state index in [9.17, 15) is 5.26 Å². The number of pyridine rings is 1. The number of aromatic nitrogens is 1. The van der Waals surface area contributed by atoms with Gasteiger partial charge in [0.05, 0.1) is 15.1 Å². The van der Waals surface area contributed by atoms with Gasteiger partial charge in [-0.2, -0.15) is 5.26 Å². The van der Waals surface area contributed by atoms with Gasteiger partial charge in [0.1, 0.15) is 16.7 Å². The Labute approximate surface area is 167 Å². The van der Waals surface area contributed by atoms with Crippen molar-refractivity contribution in [1.82, 2.24) is 4.98 Å². The fourth-order valence-electron chi connectivity index (χ4n) is 2.60. The van der Waals surface area contributed by atoms with Crippen LogP contribution in [-0.4, -0.2) is 26.8 Å². The average molecular weight is 402 g/mol. The van der Waals surface area contributed by atoms with E-state index in [-0.39, 0.29) is 10.7 Å². The minimum atomic E-state index is -0.522. The summed E-state index contributed by atoms with van der Waals surface area (Å²) >= 11 is 7.76. The molecule has 0 bridgehead atoms. The van der Waals surface area contributed by atoms with Crippen molar-refractivity contribution in [1.29, 1.82) is 5.26 Å². The Kier molecular flexibility index (Phi) is 5.86. The third-order valence-corrected chi connectivity index (χ3v) is 7.03. The van der Waals surface area contributed by atoms with Gasteiger partial charge in [-0.25, -0.2) is 0 Å². The van der Waals surface area contributed by atoms with Crippen molar-refractivity contribution >= 4 is 47.9 Å². The number of fused-ring (bicyclic) bond motifs is 2. The normalized spacial score (nSPS) is 30.4. The first-order valence-corrected chi connectivity index (χ1v) is 10.5. The lowest BCUT2D eigenvalue weighted by Gasteiger charge is -2.13. The van der Waals surface area contributed by atoms with Crippen molar-refractivity contribution < 1.29 is 4.74 Å². The summed E-state index contributed by atoms with van der Waals surface area (Å²) in [6.45, 7) is 5.93. The number of allylic oxidation sites excluding steroid dienone is 2. The quantitative estimate of drug-likeness (QED) is 0.527. The van der Waals surface area contributed by atoms with Gasteiger partial charge in [-0.05, 0) is 25.1 Å². The second kappa shape index (κ2) is 7.95. The lowest BCUT2D eigenvalue weighted by Crippen LogP contribution is -2.14. The number of ether oxygens (including phenoxy) is 1. The van der Waals surface area contributed by atoms with Crippen LogP contribution in [-0.2, 0) is 4.74 Å². The first-order valence-electron chi connectivity index (χ1n) is 8.33. The molecular weight excluding hydrogens is 382 g/mol. The molecule has 7 heteroatoms. The van der Waals surface area contributed by atoms with E-state index >= 15 is 0 Å². The largest absolute Gasteiger partial charge is 0.477 e. The maximum atomic E-state index is 9.59. The van der Waals surface area contributed by atoms with Gasteiger partial charge in [-0.15, -0.1) is 24.4 Å². The second-order valence-electron chi connectivity index (χ2n) is 5.66. The number of aliphatic imine (C=N–C) groups is 1. The highest BCUT2D eigenvalue weighted by molar-refractivity contribution is 8.26. The summed E-state index contributed by atoms with van der Waals surface area (Å²) in [5, 5.41) is 9.72. The summed E-state index contributed by atoms with van der Waals surface area (Å²) in [6.07, 6.45) is 9.16. The zero-order valence-electron chi connectivity index (χ0n) is 14.7. The Balaban J connectivity index is 0.000000948. The van der Waals surface area contributed by atoms with Crippen LogP contribution in [0.3, 0.4) is 0 Å². The monoisotopic (exact) mass is 401 g/mol. The predicted molar refractivity (Wildman–Crippen MR) is 114 cm³/mol. The second-order valence-corrected chi connectivity index (χ2v) is 9.09. The van der Waals surface area contributed by atoms with E-state index in [0.717, 1.165) is 21.1 Å². The van der Waals surface area contributed by atoms with Crippen LogP contribution in [0.5, 0.6) is 0 Å². The van der Waals surface area contributed by atoms with E-state index in [0.29, 0.717) is 5.57 Å². The molecule has 3 aliphatic rings. The topological polar surface area (TPSA) is 58.3 Å². The van der Waals surface area contributed by atoms with Gasteiger partial charge < -0.3 is 4.74 Å². The fourth-order valence-corrected chi connectivity index (χ4v) is 5.78. The Morgan fingerprint density at radius 2 is 2.19 bits per heavy atom. The maximum absolute atomic E-state index is 9.59. The molecule has 1 aromatic heterocycles. The first kappa shape index (κ1) is 19.2. The van der Waals surface area contributed by atoms with Crippen LogP contribution in [0.1, 0.15) is 26.3 Å². The lowest BCUT2D eigenvalue weighted by atomic mass is 10.1. The van der Waals surface area contributed by atoms with Crippen molar-refractivity contribution in [2.75, 3.05) is 0 Å². The van der Waals surface area contributed by atoms with Gasteiger partial charge in [-0.1, -0.05) is 31.7 Å². The molecule has 0 radical (unpaired) electrons. The van der Waals surface area contributed by atoms with Crippen molar-refractivity contribution in [3.63, 3.8) is 0 Å². The summed E-state index contributed by atoms with van der Waals surface area (Å²) in [4.78, 5) is 8.09. The van der Waals surface area contributed by atoms with Crippen LogP contribution in [0.15, 0.2) is 57.2 Å². The van der Waals surface area contributed by atoms with E-state index in [1.54, 1.807) is 35.9 Å². The molecule has 1 fully saturated rings. The van der Waals surface area contributed by atoms with E-state index in [1.807, 2.05) is 51.3 Å². The number of nitrogens with zero attached hydrogens (tertiary/aromatic N) is 3. The van der Waals surface area contributed by atoms with Crippen molar-refractivity contribution in [2.24, 2.45) is 4.99 Å². The molecule has 26 heavy (non-hydrogen) atoms. The zero-order valence-corrected chi connectivity index (χ0v) is 17.2. The highest BCUT2D eigenvalue weighted by Gasteiger charge is 2.44. The average Bonchev–Trinajstić information content (AvgIpc) is 3.15. The molecule has 4 rings (SSSR count). The van der Waals surface area contributed by atoms with Gasteiger partial charge in [0.15, 0.2) is 5.44 Å². The van der Waals surface area contributed by atoms with E-state index in [2.05, 4.69) is 28.7 Å². The number of hydrogen-bond acceptors (Lipinski definition) is 7. The van der Waals surface area contributed by atoms with Crippen LogP contribution < -0.4 is 0 Å². The maximum Gasteiger partial charge on any atom is 0.165 e. The third-order valence-electron chi connectivity index (χ3n) is 3.82. The van der Waals surface area contributed by atoms with E-state index in [1.165, 1.54) is 0 Å². The van der Waals surface area contributed by atoms with Crippen LogP contribution in [0, 0.1) is 11.3 Å². The summed E-state index contributed by atoms with van der Waals surface area (Å²) in [5.74, 6) is 0.852. The first-order chi connectivity index (χ1) is 12.6. The molecule has 3 aliphatic heterocycles. The number of hydrogen-bond donors (Lipinski definition) is 1. The Morgan fingerprint density at radius 1 is 1.38 bits per heavy atom. The Hall–Kier alpha value is -1.62. The standard InChI is InChI=1S/C17H13N3OS3.C2H6/c1-17(22)5-4-13-12(9-20-17)14-15(21-13)24-16(23-14)11(7-18)10-3-2-6-19-8-10;1-2/h2-6,8-9,14-15,22H,1H3;1-2H3/b16-11-;. The highest BCUT2D eigenvalue weighted by Crippen LogP contribution is 2.56. The SMILES string of the molecule is CC.CC1(S)C=CC2=C(C=N1)C1S/C(=C(\C#N)c3cccnc3)SC1O2. The number of thiol groups is 1. The molecule has 3 atom stereocenters. The Bertz CT molecular complexity index is 851. The molecule has 0 amide bonds. The van der Waals surface area contributed by atoms with Crippen LogP contribution in [0.25, 0.3) is 5.57 Å². The molecule has 4 heterocycles. The van der Waals surface area contributed by atoms with Crippen LogP contribution >= 0.6 is 36.2 Å². The molecule has 0 spiro atoms. The summed E-state index contributed by atoms with van der Waals surface area (Å²) < 4.78 is 7.05. The molecule has 134 valence electrons. The van der Waals surface area contributed by atoms with Crippen LogP contribution in [0.2, 0.25) is 0 Å². The van der Waals surface area contributed by atoms with Gasteiger partial charge in [0, 0.05) is 29.7 Å². The summed E-state index contributed by atoms with van der Waals surface area (Å²) in [5.41, 5.74) is 2.51. The summed E-state index contributed by atoms with van der Waals surface area (Å²) in [6, 6.07) is 6.06. The molecule has 0 saturated carbocycles. The van der Waals surface area contributed by atoms with E-state index in [4.69, 9.17) is 4.74 Å². The Morgan fingerprint density at radius 3 is 2.88 bits per heavy atom. The molecule has 3 unspecified atom stereocenters. The third kappa shape index (κ3) is 3.73. The molecule has 1 saturated heterocycles. The molecular formula is C19H19N3OS3. The fraction of sp³-hybridized carbons (Fsp3) is 0.316. The lowest BCUT2D eigenvalue weighted by molar-refractivity contribution is 0.232. The number of nitriles is 1. The van der Waals surface area contributed by atoms with Crippen LogP contribution in [0.4, 0.5) is 0 Å². The molecule has 1 aromatic rings. The van der Waals surface area contributed by atoms with E-state index < -0.39 is 4.87 Å². The molecule has 4 nitrogen and oxygen atoms in total. The molecule has 0 aliphatic carbocycles. The predicted octanol–water partition coefficient (Wildman–Crippen LogP) is 5.05. The smallest absolute Gasteiger partial charge is 0.165 e. The highest BCUT2D eigenvalue weighted by atomic mass is 32.2. The van der Waals surface area contributed by atoms with Gasteiger partial charge in [-0.3, -0.25) is 9.98 Å². The van der Waals surface area contributed by atoms with Gasteiger partial charge >= 0.3 is 0 Å². The zero-order chi connectivity index (χ0) is 18.7. The summed E-state index contributed by atoms with van der Waals surface area (Å²) in [7, 11) is 0. The van der Waals surface area contributed by atoms with Crippen molar-refractivity contribution in [2.45, 2.75) is 36.3 Å². The van der Waals surface area contributed by atoms with Crippen molar-refractivity contribution in [3.05, 3.63) is 57.8 Å². The van der Waals surface area contributed by atoms with Gasteiger partial charge in [0.25, 0.3) is 0 Å². The minimum Gasteiger partial charge on any atom is -0.477 e. The van der Waals surface area contributed by atoms with Crippen molar-refractivity contribution in [3.8, 4) is 6.07 Å². The van der Waals surface area contributed by atoms with Gasteiger partial charge in [0.2, 0.25) is 0 Å². The minimum absolute atomic E-state index is 0.0320.